The predicted octanol–water partition coefficient (Wildman–Crippen LogP) is 2.47. The number of fused-ring (bicyclic) bond motifs is 2. The Hall–Kier alpha value is -1.27. The summed E-state index contributed by atoms with van der Waals surface area (Å²) >= 11 is 0. The van der Waals surface area contributed by atoms with Gasteiger partial charge in [0.1, 0.15) is 5.60 Å². The van der Waals surface area contributed by atoms with E-state index in [1.165, 1.54) is 0 Å². The minimum atomic E-state index is -1.13. The summed E-state index contributed by atoms with van der Waals surface area (Å²) < 4.78 is 6.16. The summed E-state index contributed by atoms with van der Waals surface area (Å²) in [6.07, 6.45) is 2.91. The molecule has 4 fully saturated rings. The third-order valence-corrected chi connectivity index (χ3v) is 7.18. The topological polar surface area (TPSA) is 65.0 Å². The molecule has 6 rings (SSSR count). The van der Waals surface area contributed by atoms with Gasteiger partial charge in [-0.2, -0.15) is 4.89 Å². The third kappa shape index (κ3) is 1.66. The van der Waals surface area contributed by atoms with Crippen LogP contribution in [0.3, 0.4) is 0 Å². The summed E-state index contributed by atoms with van der Waals surface area (Å²) in [5, 5.41) is 10.9. The Labute approximate surface area is 147 Å². The number of Topliss-reactive ketones (excluding diaryl/α,β-unsaturated/α-hetero) is 1. The molecular weight excluding hydrogens is 320 g/mol. The summed E-state index contributed by atoms with van der Waals surface area (Å²) in [4.78, 5) is 24.8. The van der Waals surface area contributed by atoms with E-state index in [2.05, 4.69) is 19.6 Å². The first kappa shape index (κ1) is 15.9. The molecule has 2 bridgehead atoms. The molecule has 0 aromatic heterocycles. The Morgan fingerprint density at radius 3 is 2.80 bits per heavy atom. The molecule has 25 heavy (non-hydrogen) atoms. The van der Waals surface area contributed by atoms with Crippen LogP contribution in [-0.4, -0.2) is 35.0 Å². The second-order valence-corrected chi connectivity index (χ2v) is 8.47. The van der Waals surface area contributed by atoms with Gasteiger partial charge in [0, 0.05) is 23.0 Å². The monoisotopic (exact) mass is 344 g/mol. The number of aliphatic hydroxyl groups excluding tert-OH is 1. The van der Waals surface area contributed by atoms with Crippen molar-refractivity contribution in [1.29, 1.82) is 0 Å². The summed E-state index contributed by atoms with van der Waals surface area (Å²) in [5.74, 6) is -1.20. The van der Waals surface area contributed by atoms with Crippen molar-refractivity contribution in [3.05, 3.63) is 34.9 Å². The van der Waals surface area contributed by atoms with Gasteiger partial charge >= 0.3 is 0 Å². The Bertz CT molecular complexity index is 752. The number of hydrogen-bond donors (Lipinski definition) is 1. The fourth-order valence-corrected chi connectivity index (χ4v) is 5.85. The first-order chi connectivity index (χ1) is 11.8. The molecule has 3 heterocycles. The summed E-state index contributed by atoms with van der Waals surface area (Å²) in [6, 6.07) is 0. The van der Waals surface area contributed by atoms with E-state index < -0.39 is 17.5 Å². The van der Waals surface area contributed by atoms with Crippen LogP contribution in [0.2, 0.25) is 0 Å². The van der Waals surface area contributed by atoms with E-state index in [0.29, 0.717) is 23.7 Å². The summed E-state index contributed by atoms with van der Waals surface area (Å²) in [7, 11) is 0. The Morgan fingerprint density at radius 1 is 1.40 bits per heavy atom. The van der Waals surface area contributed by atoms with Crippen molar-refractivity contribution >= 4 is 5.78 Å². The molecular formula is C20H24O5. The van der Waals surface area contributed by atoms with Gasteiger partial charge in [-0.05, 0) is 44.1 Å². The molecule has 5 nitrogen and oxygen atoms in total. The van der Waals surface area contributed by atoms with Crippen LogP contribution in [0, 0.1) is 23.7 Å². The summed E-state index contributed by atoms with van der Waals surface area (Å²) in [5.41, 5.74) is 2.55. The fraction of sp³-hybridized carbons (Fsp3) is 0.650. The van der Waals surface area contributed by atoms with Crippen molar-refractivity contribution in [3.8, 4) is 0 Å². The average molecular weight is 344 g/mol. The van der Waals surface area contributed by atoms with Gasteiger partial charge in [-0.3, -0.25) is 4.79 Å². The van der Waals surface area contributed by atoms with Gasteiger partial charge in [0.15, 0.2) is 5.78 Å². The lowest BCUT2D eigenvalue weighted by Gasteiger charge is -2.61. The molecule has 0 aromatic carbocycles. The Kier molecular flexibility index (Phi) is 3.00. The van der Waals surface area contributed by atoms with Crippen LogP contribution in [0.5, 0.6) is 0 Å². The van der Waals surface area contributed by atoms with Crippen LogP contribution in [0.25, 0.3) is 0 Å². The molecule has 2 spiro atoms. The van der Waals surface area contributed by atoms with Crippen molar-refractivity contribution in [2.45, 2.75) is 51.1 Å². The zero-order valence-corrected chi connectivity index (χ0v) is 14.9. The molecule has 3 saturated heterocycles. The number of carbonyl (C=O) groups excluding carboxylic acids is 1. The highest BCUT2D eigenvalue weighted by atomic mass is 17.3. The second kappa shape index (κ2) is 4.71. The second-order valence-electron chi connectivity index (χ2n) is 8.47. The molecule has 0 amide bonds. The van der Waals surface area contributed by atoms with Gasteiger partial charge in [0.25, 0.3) is 0 Å². The highest BCUT2D eigenvalue weighted by Gasteiger charge is 2.72. The Morgan fingerprint density at radius 2 is 2.16 bits per heavy atom. The lowest BCUT2D eigenvalue weighted by atomic mass is 9.58. The SMILES string of the molecule is C=C(C)[C@@H]1CC[C@]23CO[C@]4(OO2)C2=C(C(=O)C(C)=C[C@@H]1[C@@H]23)[C@H](O)[C@H]4C. The quantitative estimate of drug-likeness (QED) is 0.585. The number of ketones is 1. The van der Waals surface area contributed by atoms with Crippen LogP contribution in [-0.2, 0) is 19.3 Å². The number of hydrogen-bond acceptors (Lipinski definition) is 5. The normalized spacial score (nSPS) is 50.5. The highest BCUT2D eigenvalue weighted by molar-refractivity contribution is 6.10. The standard InChI is InChI=1S/C20H24O5/c1-9(2)12-5-6-19-8-23-20(25-24-19)11(4)18(22)14-16(20)15(19)13(12)7-10(3)17(14)21/h7,11-13,15,18,22H,1,5-6,8H2,2-4H3/t11-,12+,13+,15+,18-,19-,20-/m1/s1. The number of carbonyl (C=O) groups is 1. The summed E-state index contributed by atoms with van der Waals surface area (Å²) in [6.45, 7) is 10.4. The largest absolute Gasteiger partial charge is 0.388 e. The molecule has 134 valence electrons. The van der Waals surface area contributed by atoms with Crippen LogP contribution in [0.15, 0.2) is 34.9 Å². The molecule has 3 aliphatic heterocycles. The van der Waals surface area contributed by atoms with Crippen molar-refractivity contribution in [3.63, 3.8) is 0 Å². The highest BCUT2D eigenvalue weighted by Crippen LogP contribution is 2.65. The zero-order valence-electron chi connectivity index (χ0n) is 14.9. The molecule has 7 atom stereocenters. The molecule has 3 aliphatic carbocycles. The molecule has 6 aliphatic rings. The molecule has 0 aromatic rings. The van der Waals surface area contributed by atoms with Gasteiger partial charge in [-0.15, -0.1) is 0 Å². The zero-order chi connectivity index (χ0) is 17.7. The van der Waals surface area contributed by atoms with Gasteiger partial charge < -0.3 is 9.84 Å². The maximum absolute atomic E-state index is 13.1. The molecule has 5 heteroatoms. The lowest BCUT2D eigenvalue weighted by Crippen LogP contribution is -2.68. The molecule has 0 radical (unpaired) electrons. The van der Waals surface area contributed by atoms with Gasteiger partial charge in [0.2, 0.25) is 5.79 Å². The maximum Gasteiger partial charge on any atom is 0.230 e. The first-order valence-electron chi connectivity index (χ1n) is 9.14. The number of allylic oxidation sites excluding steroid dienone is 3. The van der Waals surface area contributed by atoms with Crippen molar-refractivity contribution < 1.29 is 24.4 Å². The van der Waals surface area contributed by atoms with Crippen LogP contribution in [0.4, 0.5) is 0 Å². The smallest absolute Gasteiger partial charge is 0.230 e. The van der Waals surface area contributed by atoms with E-state index in [0.717, 1.165) is 24.0 Å². The van der Waals surface area contributed by atoms with E-state index in [4.69, 9.17) is 14.5 Å². The van der Waals surface area contributed by atoms with Gasteiger partial charge in [-0.25, -0.2) is 4.89 Å². The van der Waals surface area contributed by atoms with Crippen molar-refractivity contribution in [1.82, 2.24) is 0 Å². The van der Waals surface area contributed by atoms with Gasteiger partial charge in [0.05, 0.1) is 12.7 Å². The first-order valence-corrected chi connectivity index (χ1v) is 9.14. The predicted molar refractivity (Wildman–Crippen MR) is 89.1 cm³/mol. The molecule has 1 saturated carbocycles. The fourth-order valence-electron chi connectivity index (χ4n) is 5.85. The van der Waals surface area contributed by atoms with Crippen molar-refractivity contribution in [2.24, 2.45) is 23.7 Å². The van der Waals surface area contributed by atoms with E-state index in [1.54, 1.807) is 0 Å². The number of aliphatic hydroxyl groups is 1. The molecule has 1 N–H and O–H groups in total. The number of ether oxygens (including phenoxy) is 1. The number of rotatable bonds is 1. The van der Waals surface area contributed by atoms with Crippen LogP contribution in [0.1, 0.15) is 33.6 Å². The van der Waals surface area contributed by atoms with Crippen molar-refractivity contribution in [2.75, 3.05) is 6.61 Å². The molecule has 0 unspecified atom stereocenters. The third-order valence-electron chi connectivity index (χ3n) is 7.18. The minimum absolute atomic E-state index is 0.0125. The van der Waals surface area contributed by atoms with Crippen LogP contribution < -0.4 is 0 Å². The average Bonchev–Trinajstić information content (AvgIpc) is 2.73. The van der Waals surface area contributed by atoms with E-state index in [9.17, 15) is 9.90 Å². The van der Waals surface area contributed by atoms with E-state index >= 15 is 0 Å². The van der Waals surface area contributed by atoms with E-state index in [-0.39, 0.29) is 23.5 Å². The maximum atomic E-state index is 13.1. The van der Waals surface area contributed by atoms with E-state index in [1.807, 2.05) is 13.8 Å². The lowest BCUT2D eigenvalue weighted by molar-refractivity contribution is -0.543. The minimum Gasteiger partial charge on any atom is -0.388 e. The van der Waals surface area contributed by atoms with Gasteiger partial charge in [-0.1, -0.05) is 25.2 Å². The van der Waals surface area contributed by atoms with Crippen LogP contribution >= 0.6 is 0 Å². The Balaban J connectivity index is 1.80.